The quantitative estimate of drug-likeness (QED) is 0.120. The number of carbonyl (C=O) groups is 1. The van der Waals surface area contributed by atoms with Crippen molar-refractivity contribution in [3.8, 4) is 0 Å². The first-order valence-electron chi connectivity index (χ1n) is 11.5. The largest absolute Gasteiger partial charge is 0.392 e. The normalized spacial score (nSPS) is 14.3. The van der Waals surface area contributed by atoms with Crippen LogP contribution < -0.4 is 5.32 Å². The Hall–Kier alpha value is -1.04. The van der Waals surface area contributed by atoms with Gasteiger partial charge in [-0.05, 0) is 40.0 Å². The summed E-state index contributed by atoms with van der Waals surface area (Å²) in [7, 11) is -3.80. The lowest BCUT2D eigenvalue weighted by molar-refractivity contribution is -0.117. The van der Waals surface area contributed by atoms with Crippen molar-refractivity contribution in [1.29, 1.82) is 0 Å². The van der Waals surface area contributed by atoms with Crippen molar-refractivity contribution in [2.24, 2.45) is 0 Å². The smallest absolute Gasteiger partial charge is 0.264 e. The third-order valence-corrected chi connectivity index (χ3v) is 5.23. The Kier molecular flexibility index (Phi) is 20.1. The van der Waals surface area contributed by atoms with Gasteiger partial charge in [0.25, 0.3) is 10.1 Å². The van der Waals surface area contributed by atoms with Gasteiger partial charge in [-0.15, -0.1) is 0 Å². The zero-order valence-corrected chi connectivity index (χ0v) is 21.1. The molecule has 0 aromatic rings. The monoisotopic (exact) mass is 482 g/mol. The van der Waals surface area contributed by atoms with Gasteiger partial charge < -0.3 is 20.6 Å². The van der Waals surface area contributed by atoms with Gasteiger partial charge in [-0.3, -0.25) is 14.2 Å². The number of rotatable bonds is 17. The molecule has 0 saturated carbocycles. The predicted molar refractivity (Wildman–Crippen MR) is 128 cm³/mol. The number of aliphatic hydroxyl groups is 3. The fourth-order valence-corrected chi connectivity index (χ4v) is 3.52. The number of carbonyl (C=O) groups excluding carboxylic acids is 1. The van der Waals surface area contributed by atoms with Gasteiger partial charge >= 0.3 is 0 Å². The van der Waals surface area contributed by atoms with E-state index in [4.69, 9.17) is 19.9 Å². The minimum Gasteiger partial charge on any atom is -0.392 e. The Balaban J connectivity index is 0. The Bertz CT molecular complexity index is 569. The van der Waals surface area contributed by atoms with E-state index in [1.165, 1.54) is 0 Å². The van der Waals surface area contributed by atoms with Crippen molar-refractivity contribution in [1.82, 2.24) is 10.2 Å². The lowest BCUT2D eigenvalue weighted by Gasteiger charge is -2.25. The fraction of sp³-hybridized carbons (Fsp3) is 0.864. The van der Waals surface area contributed by atoms with Gasteiger partial charge in [0.2, 0.25) is 5.91 Å². The van der Waals surface area contributed by atoms with Crippen LogP contribution in [0.2, 0.25) is 0 Å². The first kappa shape index (κ1) is 33.1. The number of amides is 1. The first-order chi connectivity index (χ1) is 14.8. The summed E-state index contributed by atoms with van der Waals surface area (Å²) in [4.78, 5) is 13.2. The molecule has 0 bridgehead atoms. The summed E-state index contributed by atoms with van der Waals surface area (Å²) in [6.45, 7) is 12.7. The highest BCUT2D eigenvalue weighted by atomic mass is 32.2. The Morgan fingerprint density at radius 1 is 0.875 bits per heavy atom. The van der Waals surface area contributed by atoms with Gasteiger partial charge in [0.1, 0.15) is 0 Å². The topological polar surface area (TPSA) is 147 Å². The molecule has 3 atom stereocenters. The SMILES string of the molecule is C=C(CC)C(=O)NCCCCCCCCS(=O)(=O)O.CC(O)CN(CC(C)O)CC(C)O. The Labute approximate surface area is 194 Å². The molecule has 0 heterocycles. The second kappa shape index (κ2) is 19.4. The maximum Gasteiger partial charge on any atom is 0.264 e. The van der Waals surface area contributed by atoms with E-state index >= 15 is 0 Å². The molecule has 0 saturated heterocycles. The number of nitrogens with one attached hydrogen (secondary N) is 1. The maximum absolute atomic E-state index is 11.4. The number of aliphatic hydroxyl groups excluding tert-OH is 3. The summed E-state index contributed by atoms with van der Waals surface area (Å²) < 4.78 is 29.4. The molecule has 192 valence electrons. The molecule has 0 aliphatic rings. The van der Waals surface area contributed by atoms with Crippen LogP contribution in [-0.2, 0) is 14.9 Å². The van der Waals surface area contributed by atoms with Crippen molar-refractivity contribution in [3.63, 3.8) is 0 Å². The van der Waals surface area contributed by atoms with E-state index in [1.807, 2.05) is 11.8 Å². The molecule has 5 N–H and O–H groups in total. The van der Waals surface area contributed by atoms with Gasteiger partial charge in [0, 0.05) is 31.8 Å². The van der Waals surface area contributed by atoms with Crippen molar-refractivity contribution in [2.45, 2.75) is 91.0 Å². The molecule has 0 aromatic heterocycles. The molecule has 10 heteroatoms. The van der Waals surface area contributed by atoms with Crippen LogP contribution in [-0.4, -0.2) is 89.3 Å². The van der Waals surface area contributed by atoms with Gasteiger partial charge in [0.15, 0.2) is 0 Å². The van der Waals surface area contributed by atoms with E-state index in [0.29, 0.717) is 44.6 Å². The summed E-state index contributed by atoms with van der Waals surface area (Å²) in [5.74, 6) is -0.224. The maximum atomic E-state index is 11.4. The van der Waals surface area contributed by atoms with Crippen LogP contribution in [0.4, 0.5) is 0 Å². The molecule has 1 amide bonds. The molecule has 3 unspecified atom stereocenters. The molecule has 0 spiro atoms. The number of nitrogens with zero attached hydrogens (tertiary/aromatic N) is 1. The van der Waals surface area contributed by atoms with Gasteiger partial charge in [-0.25, -0.2) is 0 Å². The summed E-state index contributed by atoms with van der Waals surface area (Å²) in [5, 5.41) is 30.2. The third kappa shape index (κ3) is 25.2. The summed E-state index contributed by atoms with van der Waals surface area (Å²) >= 11 is 0. The minimum atomic E-state index is -3.80. The molecule has 9 nitrogen and oxygen atoms in total. The molecule has 0 rings (SSSR count). The van der Waals surface area contributed by atoms with E-state index in [0.717, 1.165) is 32.1 Å². The van der Waals surface area contributed by atoms with Crippen LogP contribution in [0.15, 0.2) is 12.2 Å². The fourth-order valence-electron chi connectivity index (χ4n) is 2.95. The molecule has 0 radical (unpaired) electrons. The number of unbranched alkanes of at least 4 members (excludes halogenated alkanes) is 5. The molecule has 32 heavy (non-hydrogen) atoms. The summed E-state index contributed by atoms with van der Waals surface area (Å²) in [6.07, 6.45) is 4.56. The molecular formula is C22H46N2O7S. The van der Waals surface area contributed by atoms with Crippen LogP contribution in [0.5, 0.6) is 0 Å². The average molecular weight is 483 g/mol. The Morgan fingerprint density at radius 2 is 1.28 bits per heavy atom. The summed E-state index contributed by atoms with van der Waals surface area (Å²) in [6, 6.07) is 0. The molecule has 0 aliphatic heterocycles. The van der Waals surface area contributed by atoms with E-state index in [-0.39, 0.29) is 11.7 Å². The molecular weight excluding hydrogens is 436 g/mol. The van der Waals surface area contributed by atoms with Crippen LogP contribution in [0.3, 0.4) is 0 Å². The van der Waals surface area contributed by atoms with Crippen LogP contribution in [0.1, 0.15) is 72.6 Å². The number of hydrogen-bond acceptors (Lipinski definition) is 7. The molecule has 0 fully saturated rings. The molecule has 0 aliphatic carbocycles. The zero-order valence-electron chi connectivity index (χ0n) is 20.3. The van der Waals surface area contributed by atoms with Gasteiger partial charge in [-0.1, -0.05) is 39.2 Å². The number of hydrogen-bond donors (Lipinski definition) is 5. The van der Waals surface area contributed by atoms with E-state index in [2.05, 4.69) is 11.9 Å². The van der Waals surface area contributed by atoms with E-state index in [9.17, 15) is 13.2 Å². The van der Waals surface area contributed by atoms with Crippen molar-refractivity contribution >= 4 is 16.0 Å². The van der Waals surface area contributed by atoms with Crippen molar-refractivity contribution < 1.29 is 33.1 Å². The van der Waals surface area contributed by atoms with Crippen LogP contribution >= 0.6 is 0 Å². The first-order valence-corrected chi connectivity index (χ1v) is 13.1. The third-order valence-electron chi connectivity index (χ3n) is 4.43. The predicted octanol–water partition coefficient (Wildman–Crippen LogP) is 1.73. The van der Waals surface area contributed by atoms with E-state index in [1.54, 1.807) is 20.8 Å². The van der Waals surface area contributed by atoms with Crippen molar-refractivity contribution in [3.05, 3.63) is 12.2 Å². The van der Waals surface area contributed by atoms with Crippen LogP contribution in [0.25, 0.3) is 0 Å². The van der Waals surface area contributed by atoms with Gasteiger partial charge in [0.05, 0.1) is 24.1 Å². The highest BCUT2D eigenvalue weighted by molar-refractivity contribution is 7.85. The highest BCUT2D eigenvalue weighted by Crippen LogP contribution is 2.06. The molecule has 0 aromatic carbocycles. The van der Waals surface area contributed by atoms with Crippen molar-refractivity contribution in [2.75, 3.05) is 31.9 Å². The van der Waals surface area contributed by atoms with Crippen LogP contribution in [0, 0.1) is 0 Å². The zero-order chi connectivity index (χ0) is 25.2. The Morgan fingerprint density at radius 3 is 1.66 bits per heavy atom. The second-order valence-electron chi connectivity index (χ2n) is 8.39. The lowest BCUT2D eigenvalue weighted by Crippen LogP contribution is -2.40. The second-order valence-corrected chi connectivity index (χ2v) is 9.96. The highest BCUT2D eigenvalue weighted by Gasteiger charge is 2.12. The minimum absolute atomic E-state index is 0.0735. The van der Waals surface area contributed by atoms with E-state index < -0.39 is 28.4 Å². The standard InChI is InChI=1S/C13H25NO4S.C9H21NO3/c1-3-12(2)13(15)14-10-8-6-4-5-7-9-11-19(16,17)18;1-7(11)4-10(5-8(2)12)6-9(3)13/h2-11H2,1H3,(H,14,15)(H,16,17,18);7-9,11-13H,4-6H2,1-3H3. The average Bonchev–Trinajstić information content (AvgIpc) is 2.63. The lowest BCUT2D eigenvalue weighted by atomic mass is 10.1. The van der Waals surface area contributed by atoms with Gasteiger partial charge in [-0.2, -0.15) is 8.42 Å². The summed E-state index contributed by atoms with van der Waals surface area (Å²) in [5.41, 5.74) is 0.602.